The lowest BCUT2D eigenvalue weighted by molar-refractivity contribution is -0.123. The third-order valence-electron chi connectivity index (χ3n) is 6.06. The van der Waals surface area contributed by atoms with Gasteiger partial charge >= 0.3 is 0 Å². The summed E-state index contributed by atoms with van der Waals surface area (Å²) in [4.78, 5) is 40.3. The van der Waals surface area contributed by atoms with Crippen molar-refractivity contribution in [3.63, 3.8) is 0 Å². The van der Waals surface area contributed by atoms with Gasteiger partial charge in [-0.1, -0.05) is 43.0 Å². The Morgan fingerprint density at radius 3 is 2.26 bits per heavy atom. The molecule has 35 heavy (non-hydrogen) atoms. The first-order valence-corrected chi connectivity index (χ1v) is 12.1. The van der Waals surface area contributed by atoms with Crippen molar-refractivity contribution in [2.24, 2.45) is 0 Å². The van der Waals surface area contributed by atoms with Crippen LogP contribution in [0.15, 0.2) is 71.3 Å². The van der Waals surface area contributed by atoms with E-state index in [1.54, 1.807) is 60.7 Å². The van der Waals surface area contributed by atoms with Crippen molar-refractivity contribution in [3.8, 4) is 0 Å². The molecule has 0 saturated heterocycles. The van der Waals surface area contributed by atoms with Gasteiger partial charge in [0.25, 0.3) is 5.91 Å². The summed E-state index contributed by atoms with van der Waals surface area (Å²) >= 11 is 6.12. The Kier molecular flexibility index (Phi) is 7.87. The van der Waals surface area contributed by atoms with Crippen LogP contribution in [-0.4, -0.2) is 23.8 Å². The molecule has 2 aromatic carbocycles. The summed E-state index contributed by atoms with van der Waals surface area (Å²) in [6, 6.07) is 16.0. The van der Waals surface area contributed by atoms with Crippen LogP contribution in [0.3, 0.4) is 0 Å². The molecule has 1 aliphatic carbocycles. The van der Waals surface area contributed by atoms with E-state index < -0.39 is 11.9 Å². The molecule has 182 valence electrons. The highest BCUT2D eigenvalue weighted by Gasteiger charge is 2.35. The fraction of sp³-hybridized carbons (Fsp3) is 0.296. The molecule has 8 heteroatoms. The van der Waals surface area contributed by atoms with Crippen LogP contribution >= 0.6 is 11.6 Å². The smallest absolute Gasteiger partial charge is 0.294 e. The Hall–Kier alpha value is -3.58. The van der Waals surface area contributed by atoms with Crippen LogP contribution < -0.4 is 15.5 Å². The average molecular weight is 494 g/mol. The molecular formula is C27H28ClN3O4. The second kappa shape index (κ2) is 11.2. The molecule has 1 saturated carbocycles. The zero-order chi connectivity index (χ0) is 24.8. The molecule has 1 atom stereocenters. The minimum Gasteiger partial charge on any atom is -0.459 e. The topological polar surface area (TPSA) is 91.7 Å². The fourth-order valence-electron chi connectivity index (χ4n) is 4.40. The van der Waals surface area contributed by atoms with E-state index in [2.05, 4.69) is 10.6 Å². The number of nitrogens with one attached hydrogen (secondary N) is 2. The summed E-state index contributed by atoms with van der Waals surface area (Å²) in [5.74, 6) is -0.821. The van der Waals surface area contributed by atoms with Crippen LogP contribution in [-0.2, 0) is 9.59 Å². The predicted octanol–water partition coefficient (Wildman–Crippen LogP) is 5.73. The van der Waals surface area contributed by atoms with E-state index in [1.165, 1.54) is 18.1 Å². The van der Waals surface area contributed by atoms with Crippen LogP contribution in [0.5, 0.6) is 0 Å². The standard InChI is InChI=1S/C27H28ClN3O4/c1-18(32)29-22-13-15-23(16-14-22)31(27(34)24-8-5-17-35-24)25(19-9-11-20(28)12-10-19)26(33)30-21-6-3-2-4-7-21/h5,8-17,21,25H,2-4,6-7H2,1H3,(H,29,32)(H,30,33)/t25-/m1/s1. The van der Waals surface area contributed by atoms with Crippen molar-refractivity contribution in [2.75, 3.05) is 10.2 Å². The minimum absolute atomic E-state index is 0.0637. The number of carbonyl (C=O) groups is 3. The van der Waals surface area contributed by atoms with Crippen LogP contribution in [0.25, 0.3) is 0 Å². The Morgan fingerprint density at radius 1 is 0.971 bits per heavy atom. The van der Waals surface area contributed by atoms with Crippen molar-refractivity contribution in [1.29, 1.82) is 0 Å². The maximum absolute atomic E-state index is 13.8. The number of nitrogens with zero attached hydrogens (tertiary/aromatic N) is 1. The molecule has 0 bridgehead atoms. The SMILES string of the molecule is CC(=O)Nc1ccc(N(C(=O)c2ccco2)[C@@H](C(=O)NC2CCCCC2)c2ccc(Cl)cc2)cc1. The molecule has 3 aromatic rings. The number of hydrogen-bond donors (Lipinski definition) is 2. The lowest BCUT2D eigenvalue weighted by Crippen LogP contribution is -2.47. The highest BCUT2D eigenvalue weighted by atomic mass is 35.5. The van der Waals surface area contributed by atoms with E-state index in [0.717, 1.165) is 32.1 Å². The number of anilines is 2. The number of halogens is 1. The summed E-state index contributed by atoms with van der Waals surface area (Å²) in [5.41, 5.74) is 1.69. The van der Waals surface area contributed by atoms with Crippen LogP contribution in [0.2, 0.25) is 5.02 Å². The van der Waals surface area contributed by atoms with Gasteiger partial charge in [-0.3, -0.25) is 19.3 Å². The molecule has 0 aliphatic heterocycles. The average Bonchev–Trinajstić information content (AvgIpc) is 3.39. The summed E-state index contributed by atoms with van der Waals surface area (Å²) in [7, 11) is 0. The molecule has 0 radical (unpaired) electrons. The van der Waals surface area contributed by atoms with Crippen molar-refractivity contribution in [1.82, 2.24) is 5.32 Å². The van der Waals surface area contributed by atoms with Gasteiger partial charge in [-0.2, -0.15) is 0 Å². The Morgan fingerprint density at radius 2 is 1.66 bits per heavy atom. The number of carbonyl (C=O) groups excluding carboxylic acids is 3. The molecular weight excluding hydrogens is 466 g/mol. The quantitative estimate of drug-likeness (QED) is 0.439. The predicted molar refractivity (Wildman–Crippen MR) is 135 cm³/mol. The monoisotopic (exact) mass is 493 g/mol. The molecule has 1 aliphatic rings. The zero-order valence-corrected chi connectivity index (χ0v) is 20.3. The van der Waals surface area contributed by atoms with Gasteiger partial charge in [-0.05, 0) is 66.9 Å². The third-order valence-corrected chi connectivity index (χ3v) is 6.31. The lowest BCUT2D eigenvalue weighted by Gasteiger charge is -2.33. The third kappa shape index (κ3) is 6.11. The number of hydrogen-bond acceptors (Lipinski definition) is 4. The van der Waals surface area contributed by atoms with Gasteiger partial charge in [0.2, 0.25) is 11.8 Å². The van der Waals surface area contributed by atoms with E-state index in [9.17, 15) is 14.4 Å². The molecule has 1 aromatic heterocycles. The largest absolute Gasteiger partial charge is 0.459 e. The lowest BCUT2D eigenvalue weighted by atomic mass is 9.94. The highest BCUT2D eigenvalue weighted by Crippen LogP contribution is 2.32. The minimum atomic E-state index is -0.960. The van der Waals surface area contributed by atoms with Gasteiger partial charge in [0, 0.05) is 29.4 Å². The van der Waals surface area contributed by atoms with Crippen molar-refractivity contribution >= 4 is 40.7 Å². The fourth-order valence-corrected chi connectivity index (χ4v) is 4.53. The van der Waals surface area contributed by atoms with Crippen LogP contribution in [0, 0.1) is 0 Å². The van der Waals surface area contributed by atoms with Crippen molar-refractivity contribution in [3.05, 3.63) is 83.3 Å². The second-order valence-corrected chi connectivity index (χ2v) is 9.11. The van der Waals surface area contributed by atoms with Gasteiger partial charge in [0.1, 0.15) is 6.04 Å². The number of benzene rings is 2. The second-order valence-electron chi connectivity index (χ2n) is 8.68. The van der Waals surface area contributed by atoms with Gasteiger partial charge < -0.3 is 15.1 Å². The maximum atomic E-state index is 13.8. The maximum Gasteiger partial charge on any atom is 0.294 e. The number of rotatable bonds is 7. The Balaban J connectivity index is 1.76. The molecule has 0 spiro atoms. The first kappa shape index (κ1) is 24.5. The van der Waals surface area contributed by atoms with Gasteiger partial charge in [-0.15, -0.1) is 0 Å². The Labute approximate surface area is 209 Å². The van der Waals surface area contributed by atoms with Crippen LogP contribution in [0.1, 0.15) is 61.2 Å². The molecule has 4 rings (SSSR count). The van der Waals surface area contributed by atoms with E-state index in [1.807, 2.05) is 0 Å². The summed E-state index contributed by atoms with van der Waals surface area (Å²) in [6.45, 7) is 1.42. The molecule has 2 N–H and O–H groups in total. The van der Waals surface area contributed by atoms with Crippen LogP contribution in [0.4, 0.5) is 11.4 Å². The van der Waals surface area contributed by atoms with Crippen molar-refractivity contribution < 1.29 is 18.8 Å². The van der Waals surface area contributed by atoms with E-state index in [4.69, 9.17) is 16.0 Å². The molecule has 0 unspecified atom stereocenters. The van der Waals surface area contributed by atoms with Gasteiger partial charge in [-0.25, -0.2) is 0 Å². The summed E-state index contributed by atoms with van der Waals surface area (Å²) in [6.07, 6.45) is 6.54. The summed E-state index contributed by atoms with van der Waals surface area (Å²) in [5, 5.41) is 6.41. The zero-order valence-electron chi connectivity index (χ0n) is 19.5. The highest BCUT2D eigenvalue weighted by molar-refractivity contribution is 6.30. The summed E-state index contributed by atoms with van der Waals surface area (Å²) < 4.78 is 5.41. The van der Waals surface area contributed by atoms with Gasteiger partial charge in [0.05, 0.1) is 6.26 Å². The first-order chi connectivity index (χ1) is 16.9. The van der Waals surface area contributed by atoms with E-state index in [0.29, 0.717) is 22.0 Å². The molecule has 1 fully saturated rings. The van der Waals surface area contributed by atoms with E-state index >= 15 is 0 Å². The molecule has 3 amide bonds. The molecule has 1 heterocycles. The Bertz CT molecular complexity index is 1150. The number of amides is 3. The number of furan rings is 1. The van der Waals surface area contributed by atoms with Crippen molar-refractivity contribution in [2.45, 2.75) is 51.1 Å². The first-order valence-electron chi connectivity index (χ1n) is 11.7. The normalized spacial score (nSPS) is 14.7. The molecule has 7 nitrogen and oxygen atoms in total. The van der Waals surface area contributed by atoms with E-state index in [-0.39, 0.29) is 23.6 Å². The van der Waals surface area contributed by atoms with Gasteiger partial charge in [0.15, 0.2) is 5.76 Å².